The molecular weight excluding hydrogens is 204 g/mol. The van der Waals surface area contributed by atoms with Crippen LogP contribution in [0.15, 0.2) is 6.20 Å². The van der Waals surface area contributed by atoms with Crippen molar-refractivity contribution in [2.24, 2.45) is 0 Å². The Morgan fingerprint density at radius 2 is 2.33 bits per heavy atom. The van der Waals surface area contributed by atoms with Crippen molar-refractivity contribution in [3.8, 4) is 11.8 Å². The maximum atomic E-state index is 12.4. The first-order valence-corrected chi connectivity index (χ1v) is 4.08. The summed E-state index contributed by atoms with van der Waals surface area (Å²) in [5.74, 6) is 0.0503. The number of hydrogen-bond donors (Lipinski definition) is 1. The smallest absolute Gasteiger partial charge is 0.267 e. The van der Waals surface area contributed by atoms with Gasteiger partial charge in [-0.2, -0.15) is 5.26 Å². The van der Waals surface area contributed by atoms with E-state index in [-0.39, 0.29) is 29.1 Å². The van der Waals surface area contributed by atoms with E-state index in [2.05, 4.69) is 4.98 Å². The molecule has 15 heavy (non-hydrogen) atoms. The highest BCUT2D eigenvalue weighted by molar-refractivity contribution is 5.60. The number of nitrogens with two attached hydrogens (primary N) is 1. The van der Waals surface area contributed by atoms with Crippen LogP contribution in [0.1, 0.15) is 17.7 Å². The van der Waals surface area contributed by atoms with Gasteiger partial charge in [0.2, 0.25) is 0 Å². The second-order valence-electron chi connectivity index (χ2n) is 2.74. The molecule has 0 amide bonds. The molecule has 0 aliphatic heterocycles. The summed E-state index contributed by atoms with van der Waals surface area (Å²) in [4.78, 5) is 3.71. The van der Waals surface area contributed by atoms with Crippen LogP contribution >= 0.6 is 0 Å². The third kappa shape index (κ3) is 2.13. The zero-order chi connectivity index (χ0) is 11.4. The zero-order valence-electron chi connectivity index (χ0n) is 8.00. The van der Waals surface area contributed by atoms with Gasteiger partial charge in [0.1, 0.15) is 0 Å². The largest absolute Gasteiger partial charge is 0.493 e. The molecule has 0 saturated carbocycles. The van der Waals surface area contributed by atoms with Gasteiger partial charge in [-0.3, -0.25) is 4.98 Å². The fourth-order valence-electron chi connectivity index (χ4n) is 1.16. The average molecular weight is 213 g/mol. The minimum atomic E-state index is -2.71. The van der Waals surface area contributed by atoms with Crippen molar-refractivity contribution in [3.05, 3.63) is 17.5 Å². The third-order valence-electron chi connectivity index (χ3n) is 1.86. The molecule has 4 nitrogen and oxygen atoms in total. The quantitative estimate of drug-likeness (QED) is 0.828. The Bertz CT molecular complexity index is 401. The molecule has 0 bridgehead atoms. The number of rotatable bonds is 3. The van der Waals surface area contributed by atoms with E-state index in [0.29, 0.717) is 0 Å². The lowest BCUT2D eigenvalue weighted by Gasteiger charge is -2.11. The van der Waals surface area contributed by atoms with E-state index >= 15 is 0 Å². The lowest BCUT2D eigenvalue weighted by Crippen LogP contribution is -2.04. The highest BCUT2D eigenvalue weighted by Gasteiger charge is 2.18. The first kappa shape index (κ1) is 11.2. The molecule has 0 aromatic carbocycles. The number of nitrogens with zero attached hydrogens (tertiary/aromatic N) is 2. The summed E-state index contributed by atoms with van der Waals surface area (Å²) >= 11 is 0. The highest BCUT2D eigenvalue weighted by atomic mass is 19.3. The Morgan fingerprint density at radius 1 is 1.67 bits per heavy atom. The van der Waals surface area contributed by atoms with E-state index in [1.54, 1.807) is 0 Å². The average Bonchev–Trinajstić information content (AvgIpc) is 2.18. The number of nitrogen functional groups attached to an aromatic ring is 1. The van der Waals surface area contributed by atoms with Gasteiger partial charge in [0.05, 0.1) is 36.5 Å². The van der Waals surface area contributed by atoms with Gasteiger partial charge in [0, 0.05) is 6.20 Å². The molecule has 1 aromatic heterocycles. The van der Waals surface area contributed by atoms with Crippen molar-refractivity contribution < 1.29 is 13.5 Å². The molecule has 1 heterocycles. The predicted molar refractivity (Wildman–Crippen MR) is 49.5 cm³/mol. The summed E-state index contributed by atoms with van der Waals surface area (Å²) in [5, 5.41) is 8.47. The highest BCUT2D eigenvalue weighted by Crippen LogP contribution is 2.33. The van der Waals surface area contributed by atoms with Crippen molar-refractivity contribution in [1.82, 2.24) is 4.98 Å². The maximum Gasteiger partial charge on any atom is 0.267 e. The Morgan fingerprint density at radius 3 is 2.80 bits per heavy atom. The van der Waals surface area contributed by atoms with E-state index in [1.165, 1.54) is 7.11 Å². The van der Waals surface area contributed by atoms with Crippen molar-refractivity contribution in [2.75, 3.05) is 12.8 Å². The second-order valence-corrected chi connectivity index (χ2v) is 2.74. The van der Waals surface area contributed by atoms with Crippen LogP contribution in [0, 0.1) is 11.3 Å². The van der Waals surface area contributed by atoms with Crippen LogP contribution in [0.3, 0.4) is 0 Å². The Hall–Kier alpha value is -1.90. The van der Waals surface area contributed by atoms with Gasteiger partial charge < -0.3 is 10.5 Å². The molecule has 0 fully saturated rings. The van der Waals surface area contributed by atoms with Crippen molar-refractivity contribution in [3.63, 3.8) is 0 Å². The minimum absolute atomic E-state index is 0.0309. The molecule has 0 saturated heterocycles. The van der Waals surface area contributed by atoms with Crippen LogP contribution in [0.2, 0.25) is 0 Å². The number of methoxy groups -OCH3 is 1. The van der Waals surface area contributed by atoms with Crippen LogP contribution in [-0.2, 0) is 6.42 Å². The van der Waals surface area contributed by atoms with Crippen molar-refractivity contribution in [1.29, 1.82) is 5.26 Å². The molecule has 0 unspecified atom stereocenters. The van der Waals surface area contributed by atoms with E-state index in [0.717, 1.165) is 6.20 Å². The summed E-state index contributed by atoms with van der Waals surface area (Å²) in [6.45, 7) is 0. The minimum Gasteiger partial charge on any atom is -0.493 e. The van der Waals surface area contributed by atoms with E-state index in [1.807, 2.05) is 6.07 Å². The van der Waals surface area contributed by atoms with Gasteiger partial charge in [-0.05, 0) is 0 Å². The molecule has 0 radical (unpaired) electrons. The number of alkyl halides is 2. The molecule has 0 aliphatic rings. The SMILES string of the molecule is COc1c(CC#N)ncc(C(F)F)c1N. The maximum absolute atomic E-state index is 12.4. The first-order chi connectivity index (χ1) is 7.11. The zero-order valence-corrected chi connectivity index (χ0v) is 8.00. The Kier molecular flexibility index (Phi) is 3.39. The lowest BCUT2D eigenvalue weighted by molar-refractivity contribution is 0.151. The first-order valence-electron chi connectivity index (χ1n) is 4.08. The monoisotopic (exact) mass is 213 g/mol. The number of hydrogen-bond acceptors (Lipinski definition) is 4. The molecular formula is C9H9F2N3O. The molecule has 2 N–H and O–H groups in total. The fraction of sp³-hybridized carbons (Fsp3) is 0.333. The number of pyridine rings is 1. The number of nitriles is 1. The van der Waals surface area contributed by atoms with Gasteiger partial charge in [-0.1, -0.05) is 0 Å². The molecule has 1 aromatic rings. The summed E-state index contributed by atoms with van der Waals surface area (Å²) in [6.07, 6.45) is -1.77. The van der Waals surface area contributed by atoms with Gasteiger partial charge in [-0.15, -0.1) is 0 Å². The fourth-order valence-corrected chi connectivity index (χ4v) is 1.16. The van der Waals surface area contributed by atoms with E-state index in [4.69, 9.17) is 15.7 Å². The Labute approximate surface area is 85.3 Å². The van der Waals surface area contributed by atoms with Crippen LogP contribution < -0.4 is 10.5 Å². The third-order valence-corrected chi connectivity index (χ3v) is 1.86. The van der Waals surface area contributed by atoms with Gasteiger partial charge in [0.15, 0.2) is 5.75 Å². The second kappa shape index (κ2) is 4.55. The summed E-state index contributed by atoms with van der Waals surface area (Å²) < 4.78 is 29.7. The van der Waals surface area contributed by atoms with Crippen molar-refractivity contribution >= 4 is 5.69 Å². The number of halogens is 2. The molecule has 0 aliphatic carbocycles. The summed E-state index contributed by atoms with van der Waals surface area (Å²) in [7, 11) is 1.30. The standard InChI is InChI=1S/C9H9F2N3O/c1-15-8-6(2-3-12)14-4-5(7(8)13)9(10)11/h4,9H,2H2,1H3,(H2,13,14). The molecule has 6 heteroatoms. The normalized spacial score (nSPS) is 10.1. The number of anilines is 1. The van der Waals surface area contributed by atoms with Crippen LogP contribution in [-0.4, -0.2) is 12.1 Å². The number of aromatic nitrogens is 1. The topological polar surface area (TPSA) is 71.9 Å². The number of ether oxygens (including phenoxy) is 1. The molecule has 0 atom stereocenters. The van der Waals surface area contributed by atoms with E-state index < -0.39 is 6.43 Å². The lowest BCUT2D eigenvalue weighted by atomic mass is 10.1. The van der Waals surface area contributed by atoms with Crippen LogP contribution in [0.5, 0.6) is 5.75 Å². The van der Waals surface area contributed by atoms with Gasteiger partial charge in [0.25, 0.3) is 6.43 Å². The summed E-state index contributed by atoms with van der Waals surface area (Å²) in [6, 6.07) is 1.85. The van der Waals surface area contributed by atoms with E-state index in [9.17, 15) is 8.78 Å². The van der Waals surface area contributed by atoms with Crippen LogP contribution in [0.4, 0.5) is 14.5 Å². The predicted octanol–water partition coefficient (Wildman–Crippen LogP) is 1.68. The van der Waals surface area contributed by atoms with Crippen molar-refractivity contribution in [2.45, 2.75) is 12.8 Å². The Balaban J connectivity index is 3.27. The molecule has 1 rings (SSSR count). The summed E-state index contributed by atoms with van der Waals surface area (Å²) in [5.41, 5.74) is 5.20. The van der Waals surface area contributed by atoms with Gasteiger partial charge in [-0.25, -0.2) is 8.78 Å². The van der Waals surface area contributed by atoms with Gasteiger partial charge >= 0.3 is 0 Å². The van der Waals surface area contributed by atoms with Crippen LogP contribution in [0.25, 0.3) is 0 Å². The molecule has 0 spiro atoms. The molecule has 80 valence electrons.